The molecule has 1 aromatic rings. The summed E-state index contributed by atoms with van der Waals surface area (Å²) in [5.74, 6) is 1.20. The van der Waals surface area contributed by atoms with Crippen LogP contribution in [0.3, 0.4) is 0 Å². The second kappa shape index (κ2) is 8.18. The Labute approximate surface area is 128 Å². The van der Waals surface area contributed by atoms with E-state index in [-0.39, 0.29) is 11.5 Å². The van der Waals surface area contributed by atoms with Crippen molar-refractivity contribution in [1.82, 2.24) is 0 Å². The number of rotatable bonds is 8. The Morgan fingerprint density at radius 2 is 1.81 bits per heavy atom. The third-order valence-electron chi connectivity index (χ3n) is 3.69. The Balaban J connectivity index is 2.61. The van der Waals surface area contributed by atoms with E-state index in [9.17, 15) is 4.79 Å². The molecule has 0 aromatic heterocycles. The zero-order valence-electron chi connectivity index (χ0n) is 13.9. The van der Waals surface area contributed by atoms with Crippen LogP contribution in [0.25, 0.3) is 0 Å². The van der Waals surface area contributed by atoms with Crippen molar-refractivity contribution in [2.24, 2.45) is 11.3 Å². The topological polar surface area (TPSA) is 35.5 Å². The molecular weight excluding hydrogens is 264 g/mol. The maximum atomic E-state index is 10.6. The van der Waals surface area contributed by atoms with Gasteiger partial charge in [0.15, 0.2) is 0 Å². The van der Waals surface area contributed by atoms with Gasteiger partial charge in [-0.3, -0.25) is 0 Å². The standard InChI is InChI=1S/C18H28O3/c1-14(10-11-19)12-17(18(2,3)4)21-13-15-6-8-16(20-5)9-7-15/h6-9,11,14,17H,10,12-13H2,1-5H3/t14-,17-/m0/s1. The van der Waals surface area contributed by atoms with Crippen LogP contribution in [-0.2, 0) is 16.1 Å². The number of aldehydes is 1. The van der Waals surface area contributed by atoms with Crippen molar-refractivity contribution >= 4 is 6.29 Å². The van der Waals surface area contributed by atoms with Gasteiger partial charge in [-0.25, -0.2) is 0 Å². The molecular formula is C18H28O3. The fraction of sp³-hybridized carbons (Fsp3) is 0.611. The number of ether oxygens (including phenoxy) is 2. The molecule has 0 unspecified atom stereocenters. The average molecular weight is 292 g/mol. The molecule has 0 aliphatic rings. The minimum absolute atomic E-state index is 0.0591. The maximum Gasteiger partial charge on any atom is 0.120 e. The summed E-state index contributed by atoms with van der Waals surface area (Å²) in [4.78, 5) is 10.6. The second-order valence-electron chi connectivity index (χ2n) is 6.76. The van der Waals surface area contributed by atoms with Gasteiger partial charge in [-0.15, -0.1) is 0 Å². The summed E-state index contributed by atoms with van der Waals surface area (Å²) in [6, 6.07) is 7.93. The van der Waals surface area contributed by atoms with Crippen molar-refractivity contribution in [1.29, 1.82) is 0 Å². The van der Waals surface area contributed by atoms with Crippen LogP contribution in [0, 0.1) is 11.3 Å². The average Bonchev–Trinajstić information content (AvgIpc) is 2.43. The first-order valence-electron chi connectivity index (χ1n) is 7.55. The number of benzene rings is 1. The number of hydrogen-bond acceptors (Lipinski definition) is 3. The number of methoxy groups -OCH3 is 1. The van der Waals surface area contributed by atoms with Gasteiger partial charge < -0.3 is 14.3 Å². The lowest BCUT2D eigenvalue weighted by Crippen LogP contribution is -2.31. The zero-order valence-corrected chi connectivity index (χ0v) is 13.9. The normalized spacial score (nSPS) is 14.5. The SMILES string of the molecule is COc1ccc(CO[C@@H](C[C@@H](C)CC=O)C(C)(C)C)cc1. The first kappa shape index (κ1) is 17.7. The van der Waals surface area contributed by atoms with E-state index in [0.717, 1.165) is 24.0 Å². The molecule has 1 aromatic carbocycles. The van der Waals surface area contributed by atoms with Gasteiger partial charge in [-0.05, 0) is 35.4 Å². The van der Waals surface area contributed by atoms with Gasteiger partial charge >= 0.3 is 0 Å². The molecule has 0 radical (unpaired) electrons. The van der Waals surface area contributed by atoms with Crippen molar-refractivity contribution in [2.75, 3.05) is 7.11 Å². The molecule has 0 saturated carbocycles. The number of carbonyl (C=O) groups excluding carboxylic acids is 1. The molecule has 118 valence electrons. The van der Waals surface area contributed by atoms with Crippen LogP contribution in [0.5, 0.6) is 5.75 Å². The summed E-state index contributed by atoms with van der Waals surface area (Å²) in [5.41, 5.74) is 1.19. The van der Waals surface area contributed by atoms with Crippen molar-refractivity contribution in [3.05, 3.63) is 29.8 Å². The van der Waals surface area contributed by atoms with E-state index in [2.05, 4.69) is 27.7 Å². The molecule has 0 saturated heterocycles. The highest BCUT2D eigenvalue weighted by Gasteiger charge is 2.27. The summed E-state index contributed by atoms with van der Waals surface area (Å²) in [6.07, 6.45) is 2.62. The molecule has 0 aliphatic heterocycles. The number of carbonyl (C=O) groups is 1. The van der Waals surface area contributed by atoms with Gasteiger partial charge in [0.2, 0.25) is 0 Å². The van der Waals surface area contributed by atoms with Crippen LogP contribution >= 0.6 is 0 Å². The minimum atomic E-state index is 0.0591. The summed E-state index contributed by atoms with van der Waals surface area (Å²) >= 11 is 0. The van der Waals surface area contributed by atoms with Crippen LogP contribution in [-0.4, -0.2) is 19.5 Å². The molecule has 0 bridgehead atoms. The first-order chi connectivity index (χ1) is 9.86. The van der Waals surface area contributed by atoms with Crippen molar-refractivity contribution < 1.29 is 14.3 Å². The first-order valence-corrected chi connectivity index (χ1v) is 7.55. The molecule has 0 N–H and O–H groups in total. The van der Waals surface area contributed by atoms with Gasteiger partial charge in [-0.1, -0.05) is 39.8 Å². The Kier molecular flexibility index (Phi) is 6.90. The Morgan fingerprint density at radius 3 is 2.29 bits per heavy atom. The van der Waals surface area contributed by atoms with Crippen LogP contribution in [0.2, 0.25) is 0 Å². The molecule has 21 heavy (non-hydrogen) atoms. The summed E-state index contributed by atoms with van der Waals surface area (Å²) in [7, 11) is 1.66. The van der Waals surface area contributed by atoms with E-state index < -0.39 is 0 Å². The van der Waals surface area contributed by atoms with Gasteiger partial charge in [0, 0.05) is 6.42 Å². The lowest BCUT2D eigenvalue weighted by atomic mass is 9.83. The van der Waals surface area contributed by atoms with E-state index in [1.54, 1.807) is 7.11 Å². The third kappa shape index (κ3) is 6.30. The fourth-order valence-corrected chi connectivity index (χ4v) is 2.22. The van der Waals surface area contributed by atoms with Gasteiger partial charge in [0.25, 0.3) is 0 Å². The van der Waals surface area contributed by atoms with Gasteiger partial charge in [-0.2, -0.15) is 0 Å². The monoisotopic (exact) mass is 292 g/mol. The Hall–Kier alpha value is -1.35. The molecule has 0 aliphatic carbocycles. The third-order valence-corrected chi connectivity index (χ3v) is 3.69. The van der Waals surface area contributed by atoms with E-state index in [1.807, 2.05) is 24.3 Å². The van der Waals surface area contributed by atoms with Gasteiger partial charge in [0.05, 0.1) is 19.8 Å². The highest BCUT2D eigenvalue weighted by molar-refractivity contribution is 5.49. The molecule has 0 heterocycles. The molecule has 3 nitrogen and oxygen atoms in total. The molecule has 1 rings (SSSR count). The molecule has 0 fully saturated rings. The molecule has 0 spiro atoms. The minimum Gasteiger partial charge on any atom is -0.497 e. The highest BCUT2D eigenvalue weighted by atomic mass is 16.5. The van der Waals surface area contributed by atoms with E-state index in [0.29, 0.717) is 18.9 Å². The van der Waals surface area contributed by atoms with Crippen molar-refractivity contribution in [2.45, 2.75) is 53.2 Å². The zero-order chi connectivity index (χ0) is 15.9. The van der Waals surface area contributed by atoms with Crippen LogP contribution in [0.15, 0.2) is 24.3 Å². The molecule has 2 atom stereocenters. The summed E-state index contributed by atoms with van der Waals surface area (Å²) in [6.45, 7) is 9.22. The Morgan fingerprint density at radius 1 is 1.19 bits per heavy atom. The molecule has 0 amide bonds. The quantitative estimate of drug-likeness (QED) is 0.672. The van der Waals surface area contributed by atoms with Crippen molar-refractivity contribution in [3.63, 3.8) is 0 Å². The second-order valence-corrected chi connectivity index (χ2v) is 6.76. The van der Waals surface area contributed by atoms with Crippen LogP contribution < -0.4 is 4.74 Å². The molecule has 3 heteroatoms. The maximum absolute atomic E-state index is 10.6. The van der Waals surface area contributed by atoms with E-state index >= 15 is 0 Å². The van der Waals surface area contributed by atoms with Crippen LogP contribution in [0.4, 0.5) is 0 Å². The van der Waals surface area contributed by atoms with Crippen LogP contribution in [0.1, 0.15) is 46.1 Å². The predicted octanol–water partition coefficient (Wildman–Crippen LogP) is 4.24. The lowest BCUT2D eigenvalue weighted by Gasteiger charge is -2.32. The summed E-state index contributed by atoms with van der Waals surface area (Å²) in [5, 5.41) is 0. The predicted molar refractivity (Wildman–Crippen MR) is 85.5 cm³/mol. The Bertz CT molecular complexity index is 417. The van der Waals surface area contributed by atoms with E-state index in [1.165, 1.54) is 0 Å². The smallest absolute Gasteiger partial charge is 0.120 e. The van der Waals surface area contributed by atoms with E-state index in [4.69, 9.17) is 9.47 Å². The summed E-state index contributed by atoms with van der Waals surface area (Å²) < 4.78 is 11.3. The fourth-order valence-electron chi connectivity index (χ4n) is 2.22. The highest BCUT2D eigenvalue weighted by Crippen LogP contribution is 2.29. The number of hydrogen-bond donors (Lipinski definition) is 0. The van der Waals surface area contributed by atoms with Gasteiger partial charge in [0.1, 0.15) is 12.0 Å². The van der Waals surface area contributed by atoms with Crippen molar-refractivity contribution in [3.8, 4) is 5.75 Å². The largest absolute Gasteiger partial charge is 0.497 e. The lowest BCUT2D eigenvalue weighted by molar-refractivity contribution is -0.109.